The van der Waals surface area contributed by atoms with Crippen LogP contribution in [-0.2, 0) is 0 Å². The van der Waals surface area contributed by atoms with E-state index in [2.05, 4.69) is 5.32 Å². The van der Waals surface area contributed by atoms with Gasteiger partial charge in [-0.2, -0.15) is 0 Å². The average molecular weight is 280 g/mol. The van der Waals surface area contributed by atoms with E-state index in [9.17, 15) is 0 Å². The maximum atomic E-state index is 9.14. The molecule has 1 atom stereocenters. The van der Waals surface area contributed by atoms with Gasteiger partial charge in [-0.15, -0.1) is 0 Å². The molecule has 0 saturated carbocycles. The minimum Gasteiger partial charge on any atom is -0.493 e. The SMILES string of the molecule is CC=Cc1ccc(OCCC[NH2+]C[C@H](C)O)c(OC)c1. The first-order valence-corrected chi connectivity index (χ1v) is 7.10. The maximum Gasteiger partial charge on any atom is 0.161 e. The van der Waals surface area contributed by atoms with Crippen molar-refractivity contribution in [3.8, 4) is 11.5 Å². The van der Waals surface area contributed by atoms with E-state index < -0.39 is 0 Å². The molecule has 0 heterocycles. The molecule has 3 N–H and O–H groups in total. The van der Waals surface area contributed by atoms with Crippen molar-refractivity contribution in [1.82, 2.24) is 0 Å². The molecule has 1 rings (SSSR count). The van der Waals surface area contributed by atoms with Gasteiger partial charge in [-0.1, -0.05) is 18.2 Å². The number of nitrogens with two attached hydrogens (primary N) is 1. The van der Waals surface area contributed by atoms with Crippen LogP contribution >= 0.6 is 0 Å². The Balaban J connectivity index is 2.39. The number of aliphatic hydroxyl groups excluding tert-OH is 1. The van der Waals surface area contributed by atoms with Gasteiger partial charge in [0.05, 0.1) is 26.4 Å². The summed E-state index contributed by atoms with van der Waals surface area (Å²) in [7, 11) is 1.65. The number of quaternary nitrogens is 1. The van der Waals surface area contributed by atoms with Crippen molar-refractivity contribution >= 4 is 6.08 Å². The van der Waals surface area contributed by atoms with E-state index in [1.54, 1.807) is 14.0 Å². The van der Waals surface area contributed by atoms with E-state index in [1.807, 2.05) is 37.3 Å². The molecule has 0 aliphatic carbocycles. The molecule has 0 saturated heterocycles. The number of hydrogen-bond donors (Lipinski definition) is 2. The molecule has 1 aromatic rings. The van der Waals surface area contributed by atoms with Gasteiger partial charge in [0.25, 0.3) is 0 Å². The Bertz CT molecular complexity index is 416. The summed E-state index contributed by atoms with van der Waals surface area (Å²) in [4.78, 5) is 0. The molecule has 4 nitrogen and oxygen atoms in total. The molecule has 1 aromatic carbocycles. The number of rotatable bonds is 9. The quantitative estimate of drug-likeness (QED) is 0.673. The average Bonchev–Trinajstić information content (AvgIpc) is 2.43. The van der Waals surface area contributed by atoms with Crippen molar-refractivity contribution in [3.63, 3.8) is 0 Å². The summed E-state index contributed by atoms with van der Waals surface area (Å²) in [6.07, 6.45) is 4.70. The molecule has 0 unspecified atom stereocenters. The first-order valence-electron chi connectivity index (χ1n) is 7.10. The standard InChI is InChI=1S/C16H25NO3/c1-4-6-14-7-8-15(16(11-14)19-3)20-10-5-9-17-12-13(2)18/h4,6-8,11,13,17-18H,5,9-10,12H2,1-3H3/p+1/t13-/m0/s1. The number of methoxy groups -OCH3 is 1. The van der Waals surface area contributed by atoms with Crippen LogP contribution in [0.2, 0.25) is 0 Å². The molecule has 0 spiro atoms. The third kappa shape index (κ3) is 6.08. The molecule has 0 aliphatic rings. The lowest BCUT2D eigenvalue weighted by atomic mass is 10.2. The highest BCUT2D eigenvalue weighted by molar-refractivity contribution is 5.55. The highest BCUT2D eigenvalue weighted by atomic mass is 16.5. The summed E-state index contributed by atoms with van der Waals surface area (Å²) in [5.41, 5.74) is 1.10. The van der Waals surface area contributed by atoms with Gasteiger partial charge in [0.1, 0.15) is 6.54 Å². The Labute approximate surface area is 121 Å². The third-order valence-electron chi connectivity index (χ3n) is 2.86. The Hall–Kier alpha value is -1.52. The van der Waals surface area contributed by atoms with Crippen molar-refractivity contribution < 1.29 is 19.9 Å². The predicted octanol–water partition coefficient (Wildman–Crippen LogP) is 1.44. The highest BCUT2D eigenvalue weighted by Gasteiger charge is 2.05. The lowest BCUT2D eigenvalue weighted by molar-refractivity contribution is -0.660. The van der Waals surface area contributed by atoms with Crippen LogP contribution in [-0.4, -0.2) is 38.0 Å². The van der Waals surface area contributed by atoms with Crippen molar-refractivity contribution in [2.24, 2.45) is 0 Å². The summed E-state index contributed by atoms with van der Waals surface area (Å²) in [5.74, 6) is 1.53. The molecular formula is C16H26NO3+. The first kappa shape index (κ1) is 16.5. The fourth-order valence-electron chi connectivity index (χ4n) is 1.87. The van der Waals surface area contributed by atoms with E-state index in [4.69, 9.17) is 14.6 Å². The number of aliphatic hydroxyl groups is 1. The summed E-state index contributed by atoms with van der Waals surface area (Å²) in [5, 5.41) is 11.2. The minimum atomic E-state index is -0.254. The fourth-order valence-corrected chi connectivity index (χ4v) is 1.87. The molecule has 112 valence electrons. The number of benzene rings is 1. The first-order chi connectivity index (χ1) is 9.67. The van der Waals surface area contributed by atoms with Gasteiger partial charge in [0.15, 0.2) is 11.5 Å². The van der Waals surface area contributed by atoms with E-state index in [0.717, 1.165) is 36.6 Å². The van der Waals surface area contributed by atoms with Crippen molar-refractivity contribution in [2.75, 3.05) is 26.8 Å². The van der Waals surface area contributed by atoms with Crippen LogP contribution in [0.5, 0.6) is 11.5 Å². The zero-order valence-corrected chi connectivity index (χ0v) is 12.6. The number of allylic oxidation sites excluding steroid dienone is 1. The predicted molar refractivity (Wildman–Crippen MR) is 81.2 cm³/mol. The largest absolute Gasteiger partial charge is 0.493 e. The van der Waals surface area contributed by atoms with E-state index in [1.165, 1.54) is 0 Å². The Morgan fingerprint density at radius 2 is 2.15 bits per heavy atom. The van der Waals surface area contributed by atoms with Gasteiger partial charge in [-0.05, 0) is 31.5 Å². The van der Waals surface area contributed by atoms with E-state index in [-0.39, 0.29) is 6.10 Å². The second kappa shape index (κ2) is 9.39. The Morgan fingerprint density at radius 1 is 1.35 bits per heavy atom. The fraction of sp³-hybridized carbons (Fsp3) is 0.500. The van der Waals surface area contributed by atoms with Gasteiger partial charge < -0.3 is 19.9 Å². The summed E-state index contributed by atoms with van der Waals surface area (Å²) < 4.78 is 11.1. The molecule has 0 amide bonds. The zero-order valence-electron chi connectivity index (χ0n) is 12.6. The normalized spacial score (nSPS) is 12.6. The summed E-state index contributed by atoms with van der Waals surface area (Å²) >= 11 is 0. The Kier molecular flexibility index (Phi) is 7.77. The number of ether oxygens (including phenoxy) is 2. The van der Waals surface area contributed by atoms with Crippen molar-refractivity contribution in [1.29, 1.82) is 0 Å². The smallest absolute Gasteiger partial charge is 0.161 e. The number of hydrogen-bond acceptors (Lipinski definition) is 3. The van der Waals surface area contributed by atoms with Crippen LogP contribution in [0.1, 0.15) is 25.8 Å². The molecule has 0 radical (unpaired) electrons. The van der Waals surface area contributed by atoms with Crippen LogP contribution < -0.4 is 14.8 Å². The van der Waals surface area contributed by atoms with Crippen molar-refractivity contribution in [3.05, 3.63) is 29.8 Å². The van der Waals surface area contributed by atoms with Gasteiger partial charge in [0, 0.05) is 6.42 Å². The monoisotopic (exact) mass is 280 g/mol. The molecule has 0 aliphatic heterocycles. The zero-order chi connectivity index (χ0) is 14.8. The van der Waals surface area contributed by atoms with Gasteiger partial charge >= 0.3 is 0 Å². The second-order valence-electron chi connectivity index (χ2n) is 4.77. The molecule has 20 heavy (non-hydrogen) atoms. The molecule has 0 aromatic heterocycles. The van der Waals surface area contributed by atoms with Gasteiger partial charge in [0.2, 0.25) is 0 Å². The second-order valence-corrected chi connectivity index (χ2v) is 4.77. The summed E-state index contributed by atoms with van der Waals surface area (Å²) in [6.45, 7) is 6.12. The summed E-state index contributed by atoms with van der Waals surface area (Å²) in [6, 6.07) is 5.92. The highest BCUT2D eigenvalue weighted by Crippen LogP contribution is 2.28. The lowest BCUT2D eigenvalue weighted by Gasteiger charge is -2.11. The van der Waals surface area contributed by atoms with Crippen LogP contribution in [0.4, 0.5) is 0 Å². The van der Waals surface area contributed by atoms with Crippen molar-refractivity contribution in [2.45, 2.75) is 26.4 Å². The Morgan fingerprint density at radius 3 is 2.80 bits per heavy atom. The third-order valence-corrected chi connectivity index (χ3v) is 2.86. The van der Waals surface area contributed by atoms with Crippen LogP contribution in [0.15, 0.2) is 24.3 Å². The molecule has 0 fully saturated rings. The molecular weight excluding hydrogens is 254 g/mol. The lowest BCUT2D eigenvalue weighted by Crippen LogP contribution is -2.86. The topological polar surface area (TPSA) is 55.3 Å². The van der Waals surface area contributed by atoms with Crippen LogP contribution in [0.3, 0.4) is 0 Å². The van der Waals surface area contributed by atoms with Gasteiger partial charge in [-0.25, -0.2) is 0 Å². The van der Waals surface area contributed by atoms with Crippen LogP contribution in [0.25, 0.3) is 6.08 Å². The molecule has 0 bridgehead atoms. The van der Waals surface area contributed by atoms with Gasteiger partial charge in [-0.3, -0.25) is 0 Å². The van der Waals surface area contributed by atoms with Crippen LogP contribution in [0, 0.1) is 0 Å². The van der Waals surface area contributed by atoms with E-state index >= 15 is 0 Å². The minimum absolute atomic E-state index is 0.254. The van der Waals surface area contributed by atoms with E-state index in [0.29, 0.717) is 6.61 Å². The molecule has 4 heteroatoms. The maximum absolute atomic E-state index is 9.14.